The van der Waals surface area contributed by atoms with Gasteiger partial charge in [-0.3, -0.25) is 4.79 Å². The highest BCUT2D eigenvalue weighted by Crippen LogP contribution is 2.38. The molecule has 0 aromatic rings. The second kappa shape index (κ2) is 11.8. The van der Waals surface area contributed by atoms with E-state index in [2.05, 4.69) is 6.58 Å². The van der Waals surface area contributed by atoms with Crippen molar-refractivity contribution in [3.63, 3.8) is 0 Å². The van der Waals surface area contributed by atoms with Crippen molar-refractivity contribution in [1.29, 1.82) is 0 Å². The first-order valence-electron chi connectivity index (χ1n) is 11.9. The minimum Gasteiger partial charge on any atom is -0.466 e. The van der Waals surface area contributed by atoms with E-state index in [4.69, 9.17) is 18.9 Å². The summed E-state index contributed by atoms with van der Waals surface area (Å²) in [5, 5.41) is 20.5. The molecular formula is C26H36O10. The van der Waals surface area contributed by atoms with E-state index < -0.39 is 65.7 Å². The number of esters is 4. The Morgan fingerprint density at radius 1 is 1.28 bits per heavy atom. The molecule has 0 bridgehead atoms. The Morgan fingerprint density at radius 2 is 1.92 bits per heavy atom. The Kier molecular flexibility index (Phi) is 9.62. The standard InChI is InChI=1S/C26H36O10/c1-8-14(3)22(28)35-20-17(24(30)33-7)11-9-10-13(2)12-18-19(15(4)23(29)34-18)21(20)36-25(31)26(6,32)16(5)27/h11-12,14,16,18-21,27,32H,4,8-10H2,1-3,5-7H3/b13-12-,17-11+/t14-,16+,18-,19+,20+,21+,26+/m1/s1. The van der Waals surface area contributed by atoms with Crippen molar-refractivity contribution in [2.75, 3.05) is 7.11 Å². The van der Waals surface area contributed by atoms with E-state index in [0.29, 0.717) is 19.3 Å². The molecule has 1 saturated heterocycles. The van der Waals surface area contributed by atoms with E-state index >= 15 is 0 Å². The van der Waals surface area contributed by atoms with Crippen LogP contribution in [-0.4, -0.2) is 71.2 Å². The maximum Gasteiger partial charge on any atom is 0.341 e. The highest BCUT2D eigenvalue weighted by atomic mass is 16.6. The molecule has 200 valence electrons. The average Bonchev–Trinajstić information content (AvgIpc) is 3.09. The lowest BCUT2D eigenvalue weighted by molar-refractivity contribution is -0.192. The van der Waals surface area contributed by atoms with Crippen LogP contribution in [-0.2, 0) is 38.1 Å². The summed E-state index contributed by atoms with van der Waals surface area (Å²) in [6.45, 7) is 11.3. The minimum absolute atomic E-state index is 0.0621. The van der Waals surface area contributed by atoms with Crippen molar-refractivity contribution in [2.45, 2.75) is 83.9 Å². The predicted molar refractivity (Wildman–Crippen MR) is 127 cm³/mol. The summed E-state index contributed by atoms with van der Waals surface area (Å²) in [6, 6.07) is 0. The second-order valence-corrected chi connectivity index (χ2v) is 9.48. The van der Waals surface area contributed by atoms with E-state index in [-0.39, 0.29) is 11.1 Å². The molecule has 1 fully saturated rings. The van der Waals surface area contributed by atoms with E-state index in [1.165, 1.54) is 13.0 Å². The van der Waals surface area contributed by atoms with E-state index in [1.54, 1.807) is 19.9 Å². The van der Waals surface area contributed by atoms with Crippen LogP contribution < -0.4 is 0 Å². The topological polar surface area (TPSA) is 146 Å². The normalized spacial score (nSPS) is 30.7. The molecule has 10 heteroatoms. The summed E-state index contributed by atoms with van der Waals surface area (Å²) in [5.74, 6) is -5.11. The first-order chi connectivity index (χ1) is 16.8. The molecule has 2 rings (SSSR count). The van der Waals surface area contributed by atoms with Crippen molar-refractivity contribution in [3.8, 4) is 0 Å². The molecule has 0 saturated carbocycles. The van der Waals surface area contributed by atoms with Crippen LogP contribution in [0.1, 0.15) is 53.9 Å². The number of rotatable bonds is 7. The maximum atomic E-state index is 13.1. The molecule has 1 heterocycles. The van der Waals surface area contributed by atoms with Gasteiger partial charge in [0.2, 0.25) is 0 Å². The number of ether oxygens (including phenoxy) is 4. The van der Waals surface area contributed by atoms with Crippen LogP contribution in [0.4, 0.5) is 0 Å². The summed E-state index contributed by atoms with van der Waals surface area (Å²) < 4.78 is 21.8. The molecule has 0 amide bonds. The highest BCUT2D eigenvalue weighted by molar-refractivity contribution is 5.93. The van der Waals surface area contributed by atoms with Crippen LogP contribution in [0.3, 0.4) is 0 Å². The van der Waals surface area contributed by atoms with Gasteiger partial charge < -0.3 is 29.2 Å². The van der Waals surface area contributed by atoms with Crippen molar-refractivity contribution >= 4 is 23.9 Å². The molecule has 36 heavy (non-hydrogen) atoms. The molecule has 0 unspecified atom stereocenters. The number of carbonyl (C=O) groups is 4. The van der Waals surface area contributed by atoms with Crippen molar-refractivity contribution in [2.24, 2.45) is 11.8 Å². The summed E-state index contributed by atoms with van der Waals surface area (Å²) in [6.07, 6.45) is -0.990. The number of hydrogen-bond acceptors (Lipinski definition) is 10. The van der Waals surface area contributed by atoms with Crippen molar-refractivity contribution < 1.29 is 48.3 Å². The third kappa shape index (κ3) is 6.22. The molecule has 0 aromatic heterocycles. The fourth-order valence-electron chi connectivity index (χ4n) is 3.83. The lowest BCUT2D eigenvalue weighted by Gasteiger charge is -2.36. The monoisotopic (exact) mass is 508 g/mol. The van der Waals surface area contributed by atoms with Gasteiger partial charge in [-0.25, -0.2) is 14.4 Å². The van der Waals surface area contributed by atoms with Crippen LogP contribution in [0.5, 0.6) is 0 Å². The predicted octanol–water partition coefficient (Wildman–Crippen LogP) is 1.93. The molecule has 0 radical (unpaired) electrons. The van der Waals surface area contributed by atoms with Gasteiger partial charge in [0.15, 0.2) is 17.8 Å². The van der Waals surface area contributed by atoms with Crippen LogP contribution in [0.25, 0.3) is 0 Å². The van der Waals surface area contributed by atoms with Gasteiger partial charge in [-0.15, -0.1) is 0 Å². The first kappa shape index (κ1) is 29.3. The largest absolute Gasteiger partial charge is 0.466 e. The number of fused-ring (bicyclic) bond motifs is 1. The van der Waals surface area contributed by atoms with E-state index in [1.807, 2.05) is 6.92 Å². The fourth-order valence-corrected chi connectivity index (χ4v) is 3.83. The first-order valence-corrected chi connectivity index (χ1v) is 11.9. The zero-order valence-electron chi connectivity index (χ0n) is 21.6. The van der Waals surface area contributed by atoms with Crippen LogP contribution in [0, 0.1) is 11.8 Å². The number of carbonyl (C=O) groups excluding carboxylic acids is 4. The molecule has 2 N–H and O–H groups in total. The zero-order valence-corrected chi connectivity index (χ0v) is 21.6. The third-order valence-corrected chi connectivity index (χ3v) is 6.72. The lowest BCUT2D eigenvalue weighted by Crippen LogP contribution is -2.52. The quantitative estimate of drug-likeness (QED) is 0.226. The Bertz CT molecular complexity index is 958. The summed E-state index contributed by atoms with van der Waals surface area (Å²) >= 11 is 0. The summed E-state index contributed by atoms with van der Waals surface area (Å²) in [5.41, 5.74) is -1.66. The van der Waals surface area contributed by atoms with Gasteiger partial charge >= 0.3 is 23.9 Å². The van der Waals surface area contributed by atoms with Crippen LogP contribution in [0.2, 0.25) is 0 Å². The zero-order chi connectivity index (χ0) is 27.4. The molecule has 0 aromatic carbocycles. The molecule has 2 aliphatic rings. The van der Waals surface area contributed by atoms with Crippen LogP contribution in [0.15, 0.2) is 35.5 Å². The van der Waals surface area contributed by atoms with Gasteiger partial charge in [-0.2, -0.15) is 0 Å². The van der Waals surface area contributed by atoms with Crippen molar-refractivity contribution in [1.82, 2.24) is 0 Å². The highest BCUT2D eigenvalue weighted by Gasteiger charge is 2.52. The molecule has 0 spiro atoms. The molecule has 10 nitrogen and oxygen atoms in total. The van der Waals surface area contributed by atoms with Gasteiger partial charge in [0, 0.05) is 5.57 Å². The fraction of sp³-hybridized carbons (Fsp3) is 0.615. The smallest absolute Gasteiger partial charge is 0.341 e. The lowest BCUT2D eigenvalue weighted by atomic mass is 9.83. The Morgan fingerprint density at radius 3 is 2.47 bits per heavy atom. The minimum atomic E-state index is -2.35. The Hall–Kier alpha value is -2.98. The van der Waals surface area contributed by atoms with Gasteiger partial charge in [0.1, 0.15) is 6.10 Å². The Balaban J connectivity index is 2.75. The van der Waals surface area contributed by atoms with E-state index in [9.17, 15) is 29.4 Å². The number of methoxy groups -OCH3 is 1. The van der Waals surface area contributed by atoms with E-state index in [0.717, 1.165) is 19.6 Å². The number of aliphatic hydroxyl groups excluding tert-OH is 1. The van der Waals surface area contributed by atoms with Crippen molar-refractivity contribution in [3.05, 3.63) is 35.5 Å². The van der Waals surface area contributed by atoms with Gasteiger partial charge in [-0.1, -0.05) is 32.1 Å². The SMILES string of the molecule is C=C1C(=O)O[C@@H]2/C=C(/C)CC/C=C(/C(=O)OC)[C@H](OC(=O)[C@H](C)CC)[C@@H](OC(=O)[C@@](C)(O)[C@H](C)O)[C@@H]12. The third-order valence-electron chi connectivity index (χ3n) is 6.72. The molecule has 1 aliphatic heterocycles. The summed E-state index contributed by atoms with van der Waals surface area (Å²) in [7, 11) is 1.16. The van der Waals surface area contributed by atoms with Gasteiger partial charge in [-0.05, 0) is 46.1 Å². The molecular weight excluding hydrogens is 472 g/mol. The molecule has 1 aliphatic carbocycles. The number of aliphatic hydroxyl groups is 2. The van der Waals surface area contributed by atoms with Gasteiger partial charge in [0.25, 0.3) is 0 Å². The molecule has 7 atom stereocenters. The maximum absolute atomic E-state index is 13.1. The summed E-state index contributed by atoms with van der Waals surface area (Å²) in [4.78, 5) is 51.4. The van der Waals surface area contributed by atoms with Gasteiger partial charge in [0.05, 0.1) is 30.6 Å². The number of hydrogen-bond donors (Lipinski definition) is 2. The Labute approximate surface area is 210 Å². The number of allylic oxidation sites excluding steroid dienone is 2. The second-order valence-electron chi connectivity index (χ2n) is 9.48. The van der Waals surface area contributed by atoms with Crippen LogP contribution >= 0.6 is 0 Å². The average molecular weight is 509 g/mol.